The maximum atomic E-state index is 11.6. The molecule has 0 saturated carbocycles. The monoisotopic (exact) mass is 296 g/mol. The van der Waals surface area contributed by atoms with Gasteiger partial charge in [-0.2, -0.15) is 0 Å². The van der Waals surface area contributed by atoms with Crippen LogP contribution in [-0.4, -0.2) is 32.9 Å². The summed E-state index contributed by atoms with van der Waals surface area (Å²) in [5, 5.41) is 0. The van der Waals surface area contributed by atoms with E-state index in [1.165, 1.54) is 0 Å². The fourth-order valence-corrected chi connectivity index (χ4v) is 5.01. The van der Waals surface area contributed by atoms with Crippen molar-refractivity contribution in [2.24, 2.45) is 0 Å². The Hall–Kier alpha value is 0.197. The van der Waals surface area contributed by atoms with Crippen molar-refractivity contribution >= 4 is 29.5 Å². The highest BCUT2D eigenvalue weighted by Crippen LogP contribution is 2.23. The lowest BCUT2D eigenvalue weighted by Gasteiger charge is -2.23. The maximum absolute atomic E-state index is 11.6. The van der Waals surface area contributed by atoms with Gasteiger partial charge in [0.15, 0.2) is 9.84 Å². The van der Waals surface area contributed by atoms with Gasteiger partial charge in [-0.15, -0.1) is 11.6 Å². The molecule has 2 nitrogen and oxygen atoms in total. The quantitative estimate of drug-likeness (QED) is 0.531. The molecule has 0 heterocycles. The van der Waals surface area contributed by atoms with Crippen molar-refractivity contribution in [2.75, 3.05) is 11.5 Å². The Morgan fingerprint density at radius 1 is 1.24 bits per heavy atom. The molecule has 0 rings (SSSR count). The summed E-state index contributed by atoms with van der Waals surface area (Å²) in [6.07, 6.45) is 1.90. The molecule has 0 aliphatic rings. The van der Waals surface area contributed by atoms with Crippen LogP contribution < -0.4 is 0 Å². The fraction of sp³-hybridized carbons (Fsp3) is 0.833. The van der Waals surface area contributed by atoms with Crippen LogP contribution in [0.4, 0.5) is 0 Å². The van der Waals surface area contributed by atoms with E-state index in [0.717, 1.165) is 12.1 Å². The van der Waals surface area contributed by atoms with Gasteiger partial charge in [-0.1, -0.05) is 51.2 Å². The summed E-state index contributed by atoms with van der Waals surface area (Å²) in [4.78, 5) is -0.770. The Bertz CT molecular complexity index is 357. The van der Waals surface area contributed by atoms with Crippen molar-refractivity contribution in [1.82, 2.24) is 0 Å². The third-order valence-electron chi connectivity index (χ3n) is 3.39. The zero-order valence-electron chi connectivity index (χ0n) is 11.6. The second kappa shape index (κ2) is 6.39. The minimum Gasteiger partial charge on any atom is -0.229 e. The Morgan fingerprint density at radius 2 is 1.71 bits per heavy atom. The summed E-state index contributed by atoms with van der Waals surface area (Å²) in [5.41, 5.74) is 2.20. The number of alkyl halides is 1. The van der Waals surface area contributed by atoms with Crippen molar-refractivity contribution in [3.63, 3.8) is 0 Å². The third kappa shape index (κ3) is 6.63. The fourth-order valence-electron chi connectivity index (χ4n) is 1.44. The van der Waals surface area contributed by atoms with Gasteiger partial charge >= 0.3 is 0 Å². The molecule has 0 saturated heterocycles. The Balaban J connectivity index is 4.82. The first-order chi connectivity index (χ1) is 7.60. The van der Waals surface area contributed by atoms with Crippen LogP contribution in [0.25, 0.3) is 0 Å². The molecule has 1 unspecified atom stereocenters. The predicted molar refractivity (Wildman–Crippen MR) is 80.3 cm³/mol. The summed E-state index contributed by atoms with van der Waals surface area (Å²) in [6.45, 7) is 10.1. The average Bonchev–Trinajstić information content (AvgIpc) is 2.25. The van der Waals surface area contributed by atoms with Gasteiger partial charge < -0.3 is 0 Å². The van der Waals surface area contributed by atoms with Gasteiger partial charge in [0.2, 0.25) is 0 Å². The van der Waals surface area contributed by atoms with E-state index in [1.807, 2.05) is 6.08 Å². The highest BCUT2D eigenvalue weighted by molar-refractivity contribution is 7.91. The van der Waals surface area contributed by atoms with Gasteiger partial charge in [-0.25, -0.2) is 8.42 Å². The lowest BCUT2D eigenvalue weighted by molar-refractivity contribution is 0.592. The number of sulfone groups is 1. The van der Waals surface area contributed by atoms with Gasteiger partial charge in [-0.05, 0) is 6.92 Å². The van der Waals surface area contributed by atoms with E-state index in [9.17, 15) is 8.42 Å². The molecule has 0 amide bonds. The molecule has 0 aliphatic heterocycles. The molecular formula is C12H25ClO2SSi. The molecule has 102 valence electrons. The zero-order valence-corrected chi connectivity index (χ0v) is 14.2. The minimum atomic E-state index is -3.03. The number of halogens is 1. The lowest BCUT2D eigenvalue weighted by Crippen LogP contribution is -2.30. The molecule has 1 atom stereocenters. The van der Waals surface area contributed by atoms with E-state index in [-0.39, 0.29) is 11.5 Å². The van der Waals surface area contributed by atoms with Crippen molar-refractivity contribution in [1.29, 1.82) is 0 Å². The van der Waals surface area contributed by atoms with Crippen LogP contribution >= 0.6 is 11.6 Å². The molecule has 0 bridgehead atoms. The van der Waals surface area contributed by atoms with E-state index in [1.54, 1.807) is 13.8 Å². The second-order valence-electron chi connectivity index (χ2n) is 5.15. The molecule has 0 spiro atoms. The van der Waals surface area contributed by atoms with Crippen molar-refractivity contribution in [3.05, 3.63) is 11.8 Å². The molecular weight excluding hydrogens is 272 g/mol. The number of hydrogen-bond acceptors (Lipinski definition) is 2. The van der Waals surface area contributed by atoms with Crippen molar-refractivity contribution in [2.45, 2.75) is 51.2 Å². The SMILES string of the molecule is CC[Si](C)(/C=C/C(C)(Cl)CS(=O)(=O)CC)CC. The van der Waals surface area contributed by atoms with E-state index in [0.29, 0.717) is 0 Å². The van der Waals surface area contributed by atoms with Crippen molar-refractivity contribution in [3.8, 4) is 0 Å². The zero-order chi connectivity index (χ0) is 13.7. The predicted octanol–water partition coefficient (Wildman–Crippen LogP) is 3.63. The lowest BCUT2D eigenvalue weighted by atomic mass is 10.2. The summed E-state index contributed by atoms with van der Waals surface area (Å²) in [7, 11) is -4.38. The Kier molecular flexibility index (Phi) is 6.46. The molecule has 17 heavy (non-hydrogen) atoms. The summed E-state index contributed by atoms with van der Waals surface area (Å²) in [6, 6.07) is 2.32. The highest BCUT2D eigenvalue weighted by Gasteiger charge is 2.27. The van der Waals surface area contributed by atoms with E-state index >= 15 is 0 Å². The first-order valence-electron chi connectivity index (χ1n) is 6.19. The van der Waals surface area contributed by atoms with Crippen LogP contribution in [0.1, 0.15) is 27.7 Å². The maximum Gasteiger partial charge on any atom is 0.152 e. The number of hydrogen-bond donors (Lipinski definition) is 0. The summed E-state index contributed by atoms with van der Waals surface area (Å²) >= 11 is 6.28. The number of allylic oxidation sites excluding steroid dienone is 1. The molecule has 0 aromatic rings. The van der Waals surface area contributed by atoms with Crippen molar-refractivity contribution < 1.29 is 8.42 Å². The summed E-state index contributed by atoms with van der Waals surface area (Å²) < 4.78 is 23.1. The molecule has 0 aromatic carbocycles. The van der Waals surface area contributed by atoms with Gasteiger partial charge in [0.25, 0.3) is 0 Å². The minimum absolute atomic E-state index is 0.0203. The Morgan fingerprint density at radius 3 is 2.06 bits per heavy atom. The van der Waals surface area contributed by atoms with Crippen LogP contribution in [0, 0.1) is 0 Å². The van der Waals surface area contributed by atoms with Crippen LogP contribution in [0.5, 0.6) is 0 Å². The largest absolute Gasteiger partial charge is 0.229 e. The molecule has 0 radical (unpaired) electrons. The molecule has 0 aliphatic carbocycles. The Labute approximate surface area is 112 Å². The van der Waals surface area contributed by atoms with Crippen LogP contribution in [0.2, 0.25) is 18.6 Å². The second-order valence-corrected chi connectivity index (χ2v) is 13.4. The smallest absolute Gasteiger partial charge is 0.152 e. The van der Waals surface area contributed by atoms with Gasteiger partial charge in [0.1, 0.15) is 0 Å². The third-order valence-corrected chi connectivity index (χ3v) is 9.93. The van der Waals surface area contributed by atoms with E-state index in [4.69, 9.17) is 11.6 Å². The average molecular weight is 297 g/mol. The first kappa shape index (κ1) is 17.2. The molecule has 5 heteroatoms. The molecule has 0 aromatic heterocycles. The summed E-state index contributed by atoms with van der Waals surface area (Å²) in [5.74, 6) is 0.172. The highest BCUT2D eigenvalue weighted by atomic mass is 35.5. The molecule has 0 N–H and O–H groups in total. The topological polar surface area (TPSA) is 34.1 Å². The normalized spacial score (nSPS) is 17.3. The van der Waals surface area contributed by atoms with Crippen LogP contribution in [-0.2, 0) is 9.84 Å². The van der Waals surface area contributed by atoms with E-state index < -0.39 is 22.8 Å². The molecule has 0 fully saturated rings. The first-order valence-corrected chi connectivity index (χ1v) is 11.4. The van der Waals surface area contributed by atoms with E-state index in [2.05, 4.69) is 26.1 Å². The van der Waals surface area contributed by atoms with Crippen LogP contribution in [0.15, 0.2) is 11.8 Å². The van der Waals surface area contributed by atoms with Gasteiger partial charge in [-0.3, -0.25) is 0 Å². The number of rotatable bonds is 7. The van der Waals surface area contributed by atoms with Gasteiger partial charge in [0.05, 0.1) is 18.7 Å². The van der Waals surface area contributed by atoms with Crippen LogP contribution in [0.3, 0.4) is 0 Å². The van der Waals surface area contributed by atoms with Gasteiger partial charge in [0, 0.05) is 5.75 Å². The standard InChI is InChI=1S/C12H25ClO2SSi/c1-6-16(14,15)11-12(4,13)9-10-17(5,7-2)8-3/h9-10H,6-8,11H2,1-5H3/b10-9+.